The van der Waals surface area contributed by atoms with Crippen molar-refractivity contribution in [2.45, 2.75) is 46.3 Å². The Morgan fingerprint density at radius 3 is 2.61 bits per heavy atom. The molecule has 2 aromatic heterocycles. The van der Waals surface area contributed by atoms with Gasteiger partial charge in [-0.05, 0) is 44.4 Å². The predicted octanol–water partition coefficient (Wildman–Crippen LogP) is 4.18. The van der Waals surface area contributed by atoms with Crippen molar-refractivity contribution >= 4 is 11.6 Å². The number of ether oxygens (including phenoxy) is 1. The topological polar surface area (TPSA) is 107 Å². The van der Waals surface area contributed by atoms with Crippen molar-refractivity contribution in [1.82, 2.24) is 15.1 Å². The van der Waals surface area contributed by atoms with Crippen LogP contribution in [0.15, 0.2) is 28.8 Å². The van der Waals surface area contributed by atoms with Crippen molar-refractivity contribution in [3.8, 4) is 28.6 Å². The maximum Gasteiger partial charge on any atom is 0.258 e. The zero-order valence-electron chi connectivity index (χ0n) is 17.9. The lowest BCUT2D eigenvalue weighted by Crippen LogP contribution is -2.38. The fraction of sp³-hybridized carbons (Fsp3) is 0.409. The van der Waals surface area contributed by atoms with E-state index in [4.69, 9.17) is 26.6 Å². The van der Waals surface area contributed by atoms with Crippen molar-refractivity contribution in [1.29, 1.82) is 0 Å². The molecule has 2 atom stereocenters. The Labute approximate surface area is 185 Å². The van der Waals surface area contributed by atoms with Crippen LogP contribution < -0.4 is 10.5 Å². The molecule has 0 spiro atoms. The largest absolute Gasteiger partial charge is 0.489 e. The first-order valence-corrected chi connectivity index (χ1v) is 10.4. The molecule has 0 fully saturated rings. The number of halogens is 2. The lowest BCUT2D eigenvalue weighted by Gasteiger charge is -2.16. The van der Waals surface area contributed by atoms with Gasteiger partial charge in [-0.1, -0.05) is 30.6 Å². The van der Waals surface area contributed by atoms with Crippen LogP contribution in [0.4, 0.5) is 4.39 Å². The van der Waals surface area contributed by atoms with Crippen LogP contribution in [0.3, 0.4) is 0 Å². The zero-order valence-corrected chi connectivity index (χ0v) is 18.7. The molecule has 0 aliphatic heterocycles. The van der Waals surface area contributed by atoms with Crippen molar-refractivity contribution in [2.75, 3.05) is 6.61 Å². The van der Waals surface area contributed by atoms with E-state index in [1.165, 1.54) is 19.1 Å². The van der Waals surface area contributed by atoms with E-state index < -0.39 is 18.0 Å². The van der Waals surface area contributed by atoms with Crippen LogP contribution in [0.5, 0.6) is 5.75 Å². The number of rotatable bonds is 8. The summed E-state index contributed by atoms with van der Waals surface area (Å²) in [5.74, 6) is 0.188. The molecular weight excluding hydrogens is 423 g/mol. The maximum absolute atomic E-state index is 14.5. The number of aliphatic hydroxyl groups is 1. The third-order valence-corrected chi connectivity index (χ3v) is 4.92. The molecule has 9 heteroatoms. The maximum atomic E-state index is 14.5. The third-order valence-electron chi connectivity index (χ3n) is 4.61. The highest BCUT2D eigenvalue weighted by Crippen LogP contribution is 2.33. The summed E-state index contributed by atoms with van der Waals surface area (Å²) in [7, 11) is 0. The molecule has 0 saturated carbocycles. The summed E-state index contributed by atoms with van der Waals surface area (Å²) in [6.45, 7) is 7.62. The van der Waals surface area contributed by atoms with E-state index in [9.17, 15) is 9.50 Å². The number of aryl methyl sites for hydroxylation is 1. The Bertz CT molecular complexity index is 1060. The molecule has 3 aromatic rings. The molecule has 1 aromatic carbocycles. The van der Waals surface area contributed by atoms with Crippen LogP contribution in [-0.2, 0) is 6.42 Å². The Morgan fingerprint density at radius 2 is 1.94 bits per heavy atom. The zero-order chi connectivity index (χ0) is 22.7. The van der Waals surface area contributed by atoms with Gasteiger partial charge in [0.1, 0.15) is 6.61 Å². The monoisotopic (exact) mass is 448 g/mol. The molecule has 0 amide bonds. The number of pyridine rings is 1. The quantitative estimate of drug-likeness (QED) is 0.532. The van der Waals surface area contributed by atoms with Crippen LogP contribution in [0.1, 0.15) is 32.2 Å². The van der Waals surface area contributed by atoms with Crippen LogP contribution in [0.2, 0.25) is 5.02 Å². The van der Waals surface area contributed by atoms with Gasteiger partial charge in [0.15, 0.2) is 11.6 Å². The predicted molar refractivity (Wildman–Crippen MR) is 116 cm³/mol. The Kier molecular flexibility index (Phi) is 7.25. The lowest BCUT2D eigenvalue weighted by molar-refractivity contribution is 0.129. The van der Waals surface area contributed by atoms with Gasteiger partial charge >= 0.3 is 0 Å². The summed E-state index contributed by atoms with van der Waals surface area (Å²) in [5.41, 5.74) is 8.50. The van der Waals surface area contributed by atoms with Gasteiger partial charge in [-0.25, -0.2) is 4.39 Å². The van der Waals surface area contributed by atoms with Gasteiger partial charge in [-0.2, -0.15) is 4.98 Å². The number of aliphatic hydroxyl groups excluding tert-OH is 1. The van der Waals surface area contributed by atoms with Gasteiger partial charge in [0, 0.05) is 28.6 Å². The van der Waals surface area contributed by atoms with Crippen molar-refractivity contribution in [3.05, 3.63) is 46.5 Å². The molecule has 0 radical (unpaired) electrons. The van der Waals surface area contributed by atoms with Gasteiger partial charge in [0.25, 0.3) is 5.89 Å². The molecule has 0 bridgehead atoms. The van der Waals surface area contributed by atoms with E-state index in [0.29, 0.717) is 11.8 Å². The average Bonchev–Trinajstić information content (AvgIpc) is 3.17. The molecule has 0 unspecified atom stereocenters. The summed E-state index contributed by atoms with van der Waals surface area (Å²) >= 11 is 6.32. The van der Waals surface area contributed by atoms with E-state index in [-0.39, 0.29) is 28.8 Å². The Balaban J connectivity index is 1.86. The fourth-order valence-electron chi connectivity index (χ4n) is 2.97. The minimum absolute atomic E-state index is 0.0588. The van der Waals surface area contributed by atoms with E-state index in [0.717, 1.165) is 23.4 Å². The lowest BCUT2D eigenvalue weighted by atomic mass is 10.1. The second kappa shape index (κ2) is 9.72. The average molecular weight is 449 g/mol. The first-order chi connectivity index (χ1) is 14.6. The minimum atomic E-state index is -0.784. The second-order valence-corrected chi connectivity index (χ2v) is 8.39. The van der Waals surface area contributed by atoms with Gasteiger partial charge < -0.3 is 20.1 Å². The second-order valence-electron chi connectivity index (χ2n) is 7.99. The molecular formula is C22H26ClFN4O3. The fourth-order valence-corrected chi connectivity index (χ4v) is 3.21. The normalized spacial score (nSPS) is 13.5. The van der Waals surface area contributed by atoms with Crippen molar-refractivity contribution < 1.29 is 18.8 Å². The van der Waals surface area contributed by atoms with Crippen LogP contribution in [0.25, 0.3) is 22.8 Å². The van der Waals surface area contributed by atoms with Crippen LogP contribution >= 0.6 is 11.6 Å². The molecule has 0 aliphatic carbocycles. The third kappa shape index (κ3) is 5.78. The SMILES string of the molecule is Cc1cc(-c2nc(-c3cc(F)c(OC[C@H](N)[C@@H](C)O)cc3Cl)no2)cc(CC(C)C)n1. The first kappa shape index (κ1) is 23.1. The Hall–Kier alpha value is -2.55. The molecule has 3 rings (SSSR count). The minimum Gasteiger partial charge on any atom is -0.489 e. The number of aromatic nitrogens is 3. The number of benzene rings is 1. The van der Waals surface area contributed by atoms with Gasteiger partial charge in [0.2, 0.25) is 5.82 Å². The number of nitrogens with two attached hydrogens (primary N) is 1. The number of nitrogens with zero attached hydrogens (tertiary/aromatic N) is 3. The van der Waals surface area contributed by atoms with Gasteiger partial charge in [-0.15, -0.1) is 0 Å². The van der Waals surface area contributed by atoms with Crippen LogP contribution in [0, 0.1) is 18.7 Å². The van der Waals surface area contributed by atoms with Crippen molar-refractivity contribution in [3.63, 3.8) is 0 Å². The summed E-state index contributed by atoms with van der Waals surface area (Å²) in [5, 5.41) is 13.6. The molecule has 2 heterocycles. The van der Waals surface area contributed by atoms with E-state index >= 15 is 0 Å². The molecule has 0 aliphatic rings. The standard InChI is InChI=1S/C22H26ClFN4O3/c1-11(2)5-15-7-14(6-12(3)26-15)22-27-21(28-31-22)16-8-18(24)20(9-17(16)23)30-10-19(25)13(4)29/h6-9,11,13,19,29H,5,10,25H2,1-4H3/t13-,19+/m1/s1. The number of hydrogen-bond acceptors (Lipinski definition) is 7. The molecule has 0 saturated heterocycles. The summed E-state index contributed by atoms with van der Waals surface area (Å²) in [6.07, 6.45) is 0.0424. The molecule has 166 valence electrons. The summed E-state index contributed by atoms with van der Waals surface area (Å²) < 4.78 is 25.3. The molecule has 3 N–H and O–H groups in total. The smallest absolute Gasteiger partial charge is 0.258 e. The highest BCUT2D eigenvalue weighted by Gasteiger charge is 2.19. The highest BCUT2D eigenvalue weighted by atomic mass is 35.5. The van der Waals surface area contributed by atoms with E-state index in [2.05, 4.69) is 29.0 Å². The summed E-state index contributed by atoms with van der Waals surface area (Å²) in [6, 6.07) is 5.62. The van der Waals surface area contributed by atoms with Gasteiger partial charge in [0.05, 0.1) is 17.2 Å². The first-order valence-electron chi connectivity index (χ1n) is 10.0. The molecule has 7 nitrogen and oxygen atoms in total. The van der Waals surface area contributed by atoms with Crippen LogP contribution in [-0.4, -0.2) is 39.0 Å². The summed E-state index contributed by atoms with van der Waals surface area (Å²) in [4.78, 5) is 8.93. The Morgan fingerprint density at radius 1 is 1.19 bits per heavy atom. The van der Waals surface area contributed by atoms with E-state index in [1.54, 1.807) is 0 Å². The van der Waals surface area contributed by atoms with Gasteiger partial charge in [-0.3, -0.25) is 4.98 Å². The molecule has 31 heavy (non-hydrogen) atoms. The number of hydrogen-bond donors (Lipinski definition) is 2. The van der Waals surface area contributed by atoms with Crippen molar-refractivity contribution in [2.24, 2.45) is 11.7 Å². The highest BCUT2D eigenvalue weighted by molar-refractivity contribution is 6.33. The van der Waals surface area contributed by atoms with E-state index in [1.807, 2.05) is 19.1 Å².